The molecule has 3 aromatic rings. The monoisotopic (exact) mass is 372 g/mol. The van der Waals surface area contributed by atoms with Crippen LogP contribution in [-0.4, -0.2) is 14.9 Å². The van der Waals surface area contributed by atoms with Crippen LogP contribution in [0.25, 0.3) is 0 Å². The first kappa shape index (κ1) is 18.2. The van der Waals surface area contributed by atoms with Crippen LogP contribution in [0.1, 0.15) is 11.1 Å². The Hall–Kier alpha value is -3.62. The van der Waals surface area contributed by atoms with Gasteiger partial charge < -0.3 is 10.1 Å². The number of halogens is 2. The summed E-state index contributed by atoms with van der Waals surface area (Å²) in [7, 11) is 0. The lowest BCUT2D eigenvalue weighted by Gasteiger charge is -2.10. The minimum atomic E-state index is -0.917. The molecule has 2 aromatic carbocycles. The Balaban J connectivity index is 2.00. The molecule has 1 aromatic heterocycles. The van der Waals surface area contributed by atoms with Crippen LogP contribution in [0, 0.1) is 35.6 Å². The highest BCUT2D eigenvalue weighted by molar-refractivity contribution is 5.69. The van der Waals surface area contributed by atoms with Gasteiger partial charge in [0.05, 0.1) is 10.6 Å². The summed E-state index contributed by atoms with van der Waals surface area (Å²) in [6, 6.07) is 8.11. The van der Waals surface area contributed by atoms with Crippen molar-refractivity contribution in [3.05, 3.63) is 75.6 Å². The summed E-state index contributed by atoms with van der Waals surface area (Å²) >= 11 is 0. The van der Waals surface area contributed by atoms with Gasteiger partial charge in [0.25, 0.3) is 0 Å². The van der Waals surface area contributed by atoms with Crippen molar-refractivity contribution in [3.8, 4) is 11.6 Å². The van der Waals surface area contributed by atoms with Crippen molar-refractivity contribution in [3.63, 3.8) is 0 Å². The van der Waals surface area contributed by atoms with Crippen molar-refractivity contribution in [2.24, 2.45) is 0 Å². The van der Waals surface area contributed by atoms with E-state index in [2.05, 4.69) is 15.3 Å². The number of hydrogen-bond donors (Lipinski definition) is 1. The third-order valence-corrected chi connectivity index (χ3v) is 3.57. The number of aromatic nitrogens is 2. The molecule has 0 atom stereocenters. The third-order valence-electron chi connectivity index (χ3n) is 3.57. The number of aryl methyl sites for hydroxylation is 2. The normalized spacial score (nSPS) is 10.5. The first-order valence-electron chi connectivity index (χ1n) is 7.81. The largest absolute Gasteiger partial charge is 0.434 e. The molecule has 7 nitrogen and oxygen atoms in total. The summed E-state index contributed by atoms with van der Waals surface area (Å²) in [4.78, 5) is 18.4. The summed E-state index contributed by atoms with van der Waals surface area (Å²) in [5.41, 5.74) is 1.08. The quantitative estimate of drug-likeness (QED) is 0.510. The number of benzene rings is 2. The van der Waals surface area contributed by atoms with Gasteiger partial charge in [-0.05, 0) is 49.2 Å². The third kappa shape index (κ3) is 4.14. The molecule has 0 unspecified atom stereocenters. The molecule has 0 amide bonds. The molecule has 0 aliphatic carbocycles. The molecule has 0 fully saturated rings. The molecule has 0 aliphatic rings. The molecule has 1 N–H and O–H groups in total. The highest BCUT2D eigenvalue weighted by atomic mass is 19.1. The van der Waals surface area contributed by atoms with Crippen molar-refractivity contribution in [2.45, 2.75) is 13.8 Å². The number of nitrogens with zero attached hydrogens (tertiary/aromatic N) is 3. The molecular weight excluding hydrogens is 358 g/mol. The van der Waals surface area contributed by atoms with Gasteiger partial charge in [-0.2, -0.15) is 4.98 Å². The molecule has 0 saturated carbocycles. The van der Waals surface area contributed by atoms with Gasteiger partial charge in [0.15, 0.2) is 0 Å². The zero-order valence-electron chi connectivity index (χ0n) is 14.4. The van der Waals surface area contributed by atoms with E-state index in [4.69, 9.17) is 4.74 Å². The van der Waals surface area contributed by atoms with Crippen molar-refractivity contribution < 1.29 is 18.4 Å². The van der Waals surface area contributed by atoms with Crippen LogP contribution in [0.5, 0.6) is 11.6 Å². The van der Waals surface area contributed by atoms with Gasteiger partial charge in [-0.3, -0.25) is 10.1 Å². The zero-order valence-corrected chi connectivity index (χ0v) is 14.4. The van der Waals surface area contributed by atoms with Crippen LogP contribution in [0.15, 0.2) is 42.7 Å². The zero-order chi connectivity index (χ0) is 19.6. The predicted octanol–water partition coefficient (Wildman–Crippen LogP) is 4.82. The first-order valence-corrected chi connectivity index (χ1v) is 7.81. The van der Waals surface area contributed by atoms with Crippen molar-refractivity contribution >= 4 is 17.2 Å². The van der Waals surface area contributed by atoms with Crippen LogP contribution in [0.2, 0.25) is 0 Å². The summed E-state index contributed by atoms with van der Waals surface area (Å²) in [5.74, 6) is -1.90. The predicted molar refractivity (Wildman–Crippen MR) is 94.3 cm³/mol. The lowest BCUT2D eigenvalue weighted by molar-refractivity contribution is -0.385. The lowest BCUT2D eigenvalue weighted by Crippen LogP contribution is -2.04. The fourth-order valence-electron chi connectivity index (χ4n) is 2.52. The minimum Gasteiger partial charge on any atom is -0.434 e. The van der Waals surface area contributed by atoms with E-state index in [1.54, 1.807) is 12.1 Å². The van der Waals surface area contributed by atoms with Gasteiger partial charge in [0.1, 0.15) is 23.7 Å². The van der Waals surface area contributed by atoms with E-state index in [0.29, 0.717) is 11.8 Å². The molecule has 0 radical (unpaired) electrons. The number of hydrogen-bond acceptors (Lipinski definition) is 6. The Morgan fingerprint density at radius 3 is 2.41 bits per heavy atom. The molecule has 0 spiro atoms. The van der Waals surface area contributed by atoms with E-state index < -0.39 is 22.2 Å². The summed E-state index contributed by atoms with van der Waals surface area (Å²) in [5, 5.41) is 14.0. The highest BCUT2D eigenvalue weighted by Crippen LogP contribution is 2.36. The Labute approximate surface area is 152 Å². The Morgan fingerprint density at radius 1 is 1.07 bits per heavy atom. The summed E-state index contributed by atoms with van der Waals surface area (Å²) in [6.07, 6.45) is 1.05. The van der Waals surface area contributed by atoms with Crippen LogP contribution in [0.4, 0.5) is 26.0 Å². The van der Waals surface area contributed by atoms with E-state index in [-0.39, 0.29) is 17.4 Å². The van der Waals surface area contributed by atoms with Crippen LogP contribution in [-0.2, 0) is 0 Å². The molecular formula is C18H14F2N4O3. The molecule has 27 heavy (non-hydrogen) atoms. The van der Waals surface area contributed by atoms with Gasteiger partial charge >= 0.3 is 11.6 Å². The van der Waals surface area contributed by atoms with E-state index >= 15 is 0 Å². The van der Waals surface area contributed by atoms with Crippen LogP contribution < -0.4 is 10.1 Å². The maximum atomic E-state index is 13.9. The molecule has 0 saturated heterocycles. The Bertz CT molecular complexity index is 1010. The molecule has 0 bridgehead atoms. The number of nitro groups is 1. The first-order chi connectivity index (χ1) is 12.8. The minimum absolute atomic E-state index is 0.171. The fraction of sp³-hybridized carbons (Fsp3) is 0.111. The Morgan fingerprint density at radius 2 is 1.78 bits per heavy atom. The van der Waals surface area contributed by atoms with Crippen molar-refractivity contribution in [1.29, 1.82) is 0 Å². The highest BCUT2D eigenvalue weighted by Gasteiger charge is 2.26. The molecule has 138 valence electrons. The topological polar surface area (TPSA) is 90.2 Å². The number of rotatable bonds is 5. The second-order valence-electron chi connectivity index (χ2n) is 5.81. The fourth-order valence-corrected chi connectivity index (χ4v) is 2.52. The van der Waals surface area contributed by atoms with Gasteiger partial charge in [-0.25, -0.2) is 13.8 Å². The van der Waals surface area contributed by atoms with Gasteiger partial charge in [-0.1, -0.05) is 6.07 Å². The summed E-state index contributed by atoms with van der Waals surface area (Å²) in [6.45, 7) is 3.72. The SMILES string of the molecule is Cc1cc(C)cc(Oc2ncnc(Nc3ccc(F)cc3F)c2[N+](=O)[O-])c1. The van der Waals surface area contributed by atoms with Crippen LogP contribution in [0.3, 0.4) is 0 Å². The molecule has 0 aliphatic heterocycles. The van der Waals surface area contributed by atoms with Crippen molar-refractivity contribution in [1.82, 2.24) is 9.97 Å². The Kier molecular flexibility index (Phi) is 4.93. The van der Waals surface area contributed by atoms with Crippen molar-refractivity contribution in [2.75, 3.05) is 5.32 Å². The number of nitrogens with one attached hydrogen (secondary N) is 1. The van der Waals surface area contributed by atoms with E-state index in [1.165, 1.54) is 0 Å². The molecule has 9 heteroatoms. The van der Waals surface area contributed by atoms with Gasteiger partial charge in [-0.15, -0.1) is 0 Å². The number of ether oxygens (including phenoxy) is 1. The van der Waals surface area contributed by atoms with E-state index in [9.17, 15) is 18.9 Å². The maximum absolute atomic E-state index is 13.9. The lowest BCUT2D eigenvalue weighted by atomic mass is 10.1. The second kappa shape index (κ2) is 7.32. The summed E-state index contributed by atoms with van der Waals surface area (Å²) < 4.78 is 32.5. The maximum Gasteiger partial charge on any atom is 0.373 e. The number of anilines is 2. The van der Waals surface area contributed by atoms with Gasteiger partial charge in [0, 0.05) is 6.07 Å². The second-order valence-corrected chi connectivity index (χ2v) is 5.81. The van der Waals surface area contributed by atoms with Crippen LogP contribution >= 0.6 is 0 Å². The smallest absolute Gasteiger partial charge is 0.373 e. The standard InChI is InChI=1S/C18H14F2N4O3/c1-10-5-11(2)7-13(6-10)27-18-16(24(25)26)17(21-9-22-18)23-15-4-3-12(19)8-14(15)20/h3-9H,1-2H3,(H,21,22,23). The average Bonchev–Trinajstić information content (AvgIpc) is 2.56. The molecule has 3 rings (SSSR count). The van der Waals surface area contributed by atoms with E-state index in [0.717, 1.165) is 29.6 Å². The van der Waals surface area contributed by atoms with Gasteiger partial charge in [0.2, 0.25) is 5.82 Å². The average molecular weight is 372 g/mol. The van der Waals surface area contributed by atoms with E-state index in [1.807, 2.05) is 19.9 Å². The molecule has 1 heterocycles.